The van der Waals surface area contributed by atoms with Gasteiger partial charge in [-0.1, -0.05) is 6.42 Å². The predicted molar refractivity (Wildman–Crippen MR) is 40.2 cm³/mol. The Labute approximate surface area is 61.9 Å². The van der Waals surface area contributed by atoms with Crippen LogP contribution in [0.1, 0.15) is 19.3 Å². The Bertz CT molecular complexity index is 110. The van der Waals surface area contributed by atoms with Crippen LogP contribution in [0.25, 0.3) is 5.32 Å². The fourth-order valence-electron chi connectivity index (χ4n) is 1.93. The van der Waals surface area contributed by atoms with Crippen LogP contribution in [0.2, 0.25) is 0 Å². The molecule has 0 amide bonds. The summed E-state index contributed by atoms with van der Waals surface area (Å²) in [6.07, 6.45) is 3.87. The van der Waals surface area contributed by atoms with Crippen LogP contribution in [0.5, 0.6) is 0 Å². The Kier molecular flexibility index (Phi) is 1.66. The fourth-order valence-corrected chi connectivity index (χ4v) is 1.93. The van der Waals surface area contributed by atoms with Crippen molar-refractivity contribution in [2.24, 2.45) is 5.41 Å². The minimum atomic E-state index is 0.484. The Morgan fingerprint density at radius 2 is 2.30 bits per heavy atom. The van der Waals surface area contributed by atoms with Crippen molar-refractivity contribution in [3.05, 3.63) is 5.32 Å². The second-order valence-corrected chi connectivity index (χ2v) is 3.51. The molecule has 2 fully saturated rings. The number of piperidine rings is 1. The van der Waals surface area contributed by atoms with Gasteiger partial charge >= 0.3 is 0 Å². The number of rotatable bonds is 0. The Morgan fingerprint density at radius 1 is 1.30 bits per heavy atom. The predicted octanol–water partition coefficient (Wildman–Crippen LogP) is 1.56. The minimum absolute atomic E-state index is 0.484. The van der Waals surface area contributed by atoms with Crippen molar-refractivity contribution in [2.45, 2.75) is 19.3 Å². The molecule has 0 aromatic rings. The molecule has 0 N–H and O–H groups in total. The van der Waals surface area contributed by atoms with Gasteiger partial charge < -0.3 is 10.1 Å². The van der Waals surface area contributed by atoms with Crippen molar-refractivity contribution in [2.75, 3.05) is 26.3 Å². The zero-order chi connectivity index (χ0) is 6.86. The van der Waals surface area contributed by atoms with Gasteiger partial charge in [-0.05, 0) is 18.3 Å². The van der Waals surface area contributed by atoms with Crippen LogP contribution >= 0.6 is 0 Å². The number of hydrogen-bond acceptors (Lipinski definition) is 1. The molecule has 2 heterocycles. The van der Waals surface area contributed by atoms with E-state index >= 15 is 0 Å². The van der Waals surface area contributed by atoms with Crippen molar-refractivity contribution in [3.63, 3.8) is 0 Å². The molecular weight excluding hydrogens is 126 g/mol. The highest BCUT2D eigenvalue weighted by molar-refractivity contribution is 4.99. The highest BCUT2D eigenvalue weighted by Gasteiger charge is 2.31. The summed E-state index contributed by atoms with van der Waals surface area (Å²) in [7, 11) is 0. The van der Waals surface area contributed by atoms with Crippen LogP contribution in [0, 0.1) is 5.41 Å². The van der Waals surface area contributed by atoms with Crippen molar-refractivity contribution in [1.82, 2.24) is 0 Å². The van der Waals surface area contributed by atoms with Gasteiger partial charge in [0.2, 0.25) is 0 Å². The molecule has 2 rings (SSSR count). The molecule has 0 aromatic heterocycles. The molecule has 2 heteroatoms. The number of ether oxygens (including phenoxy) is 1. The Morgan fingerprint density at radius 3 is 2.90 bits per heavy atom. The van der Waals surface area contributed by atoms with Crippen molar-refractivity contribution < 1.29 is 4.74 Å². The standard InChI is InChI=1S/C8H14NO/c1-2-8(6-9-4-1)3-5-10-7-8/h1-7H2/q-1. The molecule has 1 spiro atoms. The van der Waals surface area contributed by atoms with Crippen LogP contribution in [-0.2, 0) is 4.74 Å². The van der Waals surface area contributed by atoms with Crippen molar-refractivity contribution in [1.29, 1.82) is 0 Å². The lowest BCUT2D eigenvalue weighted by atomic mass is 9.80. The van der Waals surface area contributed by atoms with E-state index in [1.807, 2.05) is 0 Å². The van der Waals surface area contributed by atoms with Gasteiger partial charge in [0.25, 0.3) is 0 Å². The monoisotopic (exact) mass is 140 g/mol. The van der Waals surface area contributed by atoms with Gasteiger partial charge in [0, 0.05) is 6.61 Å². The first-order valence-corrected chi connectivity index (χ1v) is 4.12. The lowest BCUT2D eigenvalue weighted by molar-refractivity contribution is 0.147. The molecule has 1 atom stereocenters. The first-order chi connectivity index (χ1) is 4.91. The zero-order valence-electron chi connectivity index (χ0n) is 6.31. The molecule has 2 aliphatic heterocycles. The number of hydrogen-bond donors (Lipinski definition) is 0. The summed E-state index contributed by atoms with van der Waals surface area (Å²) in [6.45, 7) is 4.08. The highest BCUT2D eigenvalue weighted by atomic mass is 16.5. The van der Waals surface area contributed by atoms with E-state index in [1.165, 1.54) is 19.3 Å². The molecule has 58 valence electrons. The maximum absolute atomic E-state index is 5.38. The third-order valence-corrected chi connectivity index (χ3v) is 2.66. The summed E-state index contributed by atoms with van der Waals surface area (Å²) < 4.78 is 5.38. The van der Waals surface area contributed by atoms with Gasteiger partial charge in [0.05, 0.1) is 6.61 Å². The van der Waals surface area contributed by atoms with E-state index in [-0.39, 0.29) is 0 Å². The summed E-state index contributed by atoms with van der Waals surface area (Å²) >= 11 is 0. The van der Waals surface area contributed by atoms with Crippen molar-refractivity contribution >= 4 is 0 Å². The van der Waals surface area contributed by atoms with Crippen LogP contribution in [0.4, 0.5) is 0 Å². The molecule has 2 saturated heterocycles. The van der Waals surface area contributed by atoms with E-state index in [4.69, 9.17) is 4.74 Å². The van der Waals surface area contributed by atoms with Crippen LogP contribution in [0.15, 0.2) is 0 Å². The maximum atomic E-state index is 5.38. The zero-order valence-corrected chi connectivity index (χ0v) is 6.31. The van der Waals surface area contributed by atoms with E-state index in [1.54, 1.807) is 0 Å². The molecule has 0 aliphatic carbocycles. The maximum Gasteiger partial charge on any atom is 0.0506 e. The quantitative estimate of drug-likeness (QED) is 0.501. The third-order valence-electron chi connectivity index (χ3n) is 2.66. The topological polar surface area (TPSA) is 23.3 Å². The van der Waals surface area contributed by atoms with Crippen molar-refractivity contribution in [3.8, 4) is 0 Å². The summed E-state index contributed by atoms with van der Waals surface area (Å²) in [5.74, 6) is 0. The molecule has 2 aliphatic rings. The molecule has 10 heavy (non-hydrogen) atoms. The average Bonchev–Trinajstić information content (AvgIpc) is 2.39. The largest absolute Gasteiger partial charge is 0.662 e. The van der Waals surface area contributed by atoms with Gasteiger partial charge in [-0.2, -0.15) is 0 Å². The molecule has 0 bridgehead atoms. The highest BCUT2D eigenvalue weighted by Crippen LogP contribution is 2.37. The number of nitrogens with zero attached hydrogens (tertiary/aromatic N) is 1. The Hall–Kier alpha value is -0.0800. The van der Waals surface area contributed by atoms with Gasteiger partial charge in [0.15, 0.2) is 0 Å². The van der Waals surface area contributed by atoms with Gasteiger partial charge in [-0.3, -0.25) is 0 Å². The summed E-state index contributed by atoms with van der Waals surface area (Å²) in [6, 6.07) is 0. The van der Waals surface area contributed by atoms with Gasteiger partial charge in [-0.25, -0.2) is 0 Å². The first-order valence-electron chi connectivity index (χ1n) is 4.12. The van der Waals surface area contributed by atoms with E-state index < -0.39 is 0 Å². The molecule has 0 radical (unpaired) electrons. The lowest BCUT2D eigenvalue weighted by Gasteiger charge is -2.41. The van der Waals surface area contributed by atoms with E-state index in [0.717, 1.165) is 26.3 Å². The molecular formula is C8H14NO-. The molecule has 0 saturated carbocycles. The third kappa shape index (κ3) is 1.06. The summed E-state index contributed by atoms with van der Waals surface area (Å²) in [5, 5.41) is 4.43. The van der Waals surface area contributed by atoms with E-state index in [2.05, 4.69) is 5.32 Å². The SMILES string of the molecule is C1C[N-]CC2(C1)CCOC2. The van der Waals surface area contributed by atoms with Crippen LogP contribution in [0.3, 0.4) is 0 Å². The van der Waals surface area contributed by atoms with E-state index in [9.17, 15) is 0 Å². The van der Waals surface area contributed by atoms with Gasteiger partial charge in [0.1, 0.15) is 0 Å². The average molecular weight is 140 g/mol. The van der Waals surface area contributed by atoms with Crippen LogP contribution in [-0.4, -0.2) is 26.3 Å². The first kappa shape index (κ1) is 6.62. The molecule has 1 unspecified atom stereocenters. The summed E-state index contributed by atoms with van der Waals surface area (Å²) in [4.78, 5) is 0. The normalized spacial score (nSPS) is 40.8. The lowest BCUT2D eigenvalue weighted by Crippen LogP contribution is -2.29. The Balaban J connectivity index is 1.98. The molecule has 0 aromatic carbocycles. The molecule has 2 nitrogen and oxygen atoms in total. The second-order valence-electron chi connectivity index (χ2n) is 3.51. The fraction of sp³-hybridized carbons (Fsp3) is 1.00. The summed E-state index contributed by atoms with van der Waals surface area (Å²) in [5.41, 5.74) is 0.484. The smallest absolute Gasteiger partial charge is 0.0506 e. The van der Waals surface area contributed by atoms with E-state index in [0.29, 0.717) is 5.41 Å². The minimum Gasteiger partial charge on any atom is -0.662 e. The van der Waals surface area contributed by atoms with Gasteiger partial charge in [-0.15, -0.1) is 13.1 Å². The van der Waals surface area contributed by atoms with Crippen LogP contribution < -0.4 is 0 Å². The second kappa shape index (κ2) is 2.51.